The van der Waals surface area contributed by atoms with Crippen molar-refractivity contribution >= 4 is 17.8 Å². The van der Waals surface area contributed by atoms with Crippen LogP contribution in [0.4, 0.5) is 0 Å². The number of imidazole rings is 1. The number of allylic oxidation sites excluding steroid dienone is 1. The van der Waals surface area contributed by atoms with Crippen molar-refractivity contribution in [3.8, 4) is 11.3 Å². The van der Waals surface area contributed by atoms with Crippen molar-refractivity contribution in [2.75, 3.05) is 26.9 Å². The zero-order valence-electron chi connectivity index (χ0n) is 40.3. The molecule has 0 unspecified atom stereocenters. The molecule has 1 aromatic carbocycles. The van der Waals surface area contributed by atoms with Gasteiger partial charge in [-0.2, -0.15) is 0 Å². The van der Waals surface area contributed by atoms with Crippen molar-refractivity contribution in [2.45, 2.75) is 151 Å². The SMILES string of the molecule is C=C(C)[C@@H]1CC[C@]2(C(=O)N3C[C@H](OCCOC)C[C@H]3c3ncc(-c4ccccc4)[nH]3)CC[C@]3(C)[C@H](CC[C@@H]4[C@@]5(C)CC[C@H](OC(=O)[C@H]6C[C@@H](C(=O)O)C6(C)C)C(C)(C)[C@@H]5CC[C@]43C)[C@@H]12. The van der Waals surface area contributed by atoms with Crippen LogP contribution in [0.1, 0.15) is 144 Å². The number of benzene rings is 1. The molecule has 0 radical (unpaired) electrons. The van der Waals surface area contributed by atoms with Gasteiger partial charge in [-0.3, -0.25) is 14.4 Å². The van der Waals surface area contributed by atoms with E-state index in [9.17, 15) is 14.7 Å². The van der Waals surface area contributed by atoms with Crippen molar-refractivity contribution < 1.29 is 33.7 Å². The number of carboxylic acids is 1. The number of carbonyl (C=O) groups excluding carboxylic acids is 2. The van der Waals surface area contributed by atoms with Gasteiger partial charge in [0.1, 0.15) is 11.9 Å². The van der Waals surface area contributed by atoms with E-state index in [0.717, 1.165) is 81.3 Å². The average Bonchev–Trinajstić information content (AvgIpc) is 4.00. The van der Waals surface area contributed by atoms with Gasteiger partial charge in [-0.1, -0.05) is 91.0 Å². The van der Waals surface area contributed by atoms with Crippen molar-refractivity contribution in [1.82, 2.24) is 14.9 Å². The normalized spacial score (nSPS) is 41.7. The molecule has 1 aromatic heterocycles. The van der Waals surface area contributed by atoms with Gasteiger partial charge >= 0.3 is 11.9 Å². The van der Waals surface area contributed by atoms with Gasteiger partial charge in [-0.05, 0) is 134 Å². The summed E-state index contributed by atoms with van der Waals surface area (Å²) in [5.74, 6) is 1.07. The van der Waals surface area contributed by atoms with Crippen LogP contribution in [0.25, 0.3) is 11.3 Å². The summed E-state index contributed by atoms with van der Waals surface area (Å²) in [7, 11) is 1.70. The second-order valence-corrected chi connectivity index (χ2v) is 23.9. The van der Waals surface area contributed by atoms with E-state index in [2.05, 4.69) is 70.1 Å². The summed E-state index contributed by atoms with van der Waals surface area (Å²) in [5, 5.41) is 9.74. The maximum absolute atomic E-state index is 15.9. The van der Waals surface area contributed by atoms with Gasteiger partial charge in [-0.25, -0.2) is 4.98 Å². The summed E-state index contributed by atoms with van der Waals surface area (Å²) in [5.41, 5.74) is 2.23. The Bertz CT molecular complexity index is 2130. The van der Waals surface area contributed by atoms with Crippen LogP contribution in [0, 0.1) is 73.9 Å². The minimum atomic E-state index is -0.824. The third kappa shape index (κ3) is 6.73. The number of aromatic nitrogens is 2. The summed E-state index contributed by atoms with van der Waals surface area (Å²) in [6.45, 7) is 24.8. The van der Waals surface area contributed by atoms with Crippen molar-refractivity contribution in [3.05, 3.63) is 54.5 Å². The predicted octanol–water partition coefficient (Wildman–Crippen LogP) is 10.7. The fraction of sp³-hybridized carbons (Fsp3) is 0.741. The molecule has 6 saturated carbocycles. The molecule has 7 fully saturated rings. The van der Waals surface area contributed by atoms with Crippen LogP contribution in [0.2, 0.25) is 0 Å². The number of rotatable bonds is 11. The lowest BCUT2D eigenvalue weighted by Crippen LogP contribution is -2.67. The Morgan fingerprint density at radius 3 is 2.28 bits per heavy atom. The number of likely N-dealkylation sites (tertiary alicyclic amines) is 1. The molecule has 64 heavy (non-hydrogen) atoms. The number of methoxy groups -OCH3 is 1. The van der Waals surface area contributed by atoms with Crippen LogP contribution in [0.5, 0.6) is 0 Å². The van der Waals surface area contributed by atoms with Crippen molar-refractivity contribution in [2.24, 2.45) is 73.9 Å². The molecule has 1 aliphatic heterocycles. The first-order valence-corrected chi connectivity index (χ1v) is 24.8. The number of carboxylic acid groups (broad SMARTS) is 1. The smallest absolute Gasteiger partial charge is 0.309 e. The Labute approximate surface area is 382 Å². The summed E-state index contributed by atoms with van der Waals surface area (Å²) in [6, 6.07) is 10.1. The number of H-pyrrole nitrogens is 1. The minimum Gasteiger partial charge on any atom is -0.481 e. The molecule has 6 aliphatic carbocycles. The highest BCUT2D eigenvalue weighted by molar-refractivity contribution is 5.85. The van der Waals surface area contributed by atoms with Crippen LogP contribution in [-0.4, -0.2) is 76.9 Å². The van der Waals surface area contributed by atoms with Crippen LogP contribution in [-0.2, 0) is 28.6 Å². The molecule has 10 nitrogen and oxygen atoms in total. The number of ether oxygens (including phenoxy) is 3. The van der Waals surface area contributed by atoms with Crippen LogP contribution >= 0.6 is 0 Å². The number of hydrogen-bond acceptors (Lipinski definition) is 7. The molecule has 350 valence electrons. The van der Waals surface area contributed by atoms with Gasteiger partial charge in [0.25, 0.3) is 0 Å². The number of nitrogens with one attached hydrogen (secondary N) is 1. The van der Waals surface area contributed by atoms with Gasteiger partial charge in [-0.15, -0.1) is 0 Å². The monoisotopic (exact) mass is 880 g/mol. The molecule has 7 aliphatic rings. The van der Waals surface area contributed by atoms with Gasteiger partial charge in [0.2, 0.25) is 5.91 Å². The second kappa shape index (κ2) is 16.1. The van der Waals surface area contributed by atoms with E-state index in [1.807, 2.05) is 38.2 Å². The second-order valence-electron chi connectivity index (χ2n) is 23.9. The molecular weight excluding hydrogens is 803 g/mol. The molecule has 1 saturated heterocycles. The first-order valence-electron chi connectivity index (χ1n) is 24.8. The largest absolute Gasteiger partial charge is 0.481 e. The summed E-state index contributed by atoms with van der Waals surface area (Å²) >= 11 is 0. The molecule has 2 aromatic rings. The van der Waals surface area contributed by atoms with E-state index in [1.54, 1.807) is 7.11 Å². The number of esters is 1. The topological polar surface area (TPSA) is 131 Å². The highest BCUT2D eigenvalue weighted by Gasteiger charge is 2.73. The van der Waals surface area contributed by atoms with Crippen molar-refractivity contribution in [1.29, 1.82) is 0 Å². The zero-order valence-corrected chi connectivity index (χ0v) is 40.3. The van der Waals surface area contributed by atoms with E-state index in [4.69, 9.17) is 19.2 Å². The van der Waals surface area contributed by atoms with E-state index < -0.39 is 22.7 Å². The first-order chi connectivity index (χ1) is 30.2. The molecule has 14 atom stereocenters. The number of aromatic amines is 1. The Hall–Kier alpha value is -3.50. The standard InChI is InChI=1S/C54H77N3O7/c1-32(2)35-18-23-54(48(61)57-31-34(63-27-26-62-10)28-40(57)45-55-30-39(56-45)33-14-12-11-13-15-33)25-24-52(8)36(44(35)54)16-17-42-51(7)21-20-43(50(5,6)41(51)19-22-53(42,52)9)64-47(60)38-29-37(46(58)59)49(38,3)4/h11-15,30,34-38,40-44H,1,16-29,31H2,2-10H3,(H,55,56)(H,58,59)/t34-,35+,36-,37+,38-,40+,41+,42-,43+,44-,51+,52-,53-,54+/m1/s1. The number of carbonyl (C=O) groups is 3. The maximum atomic E-state index is 15.9. The van der Waals surface area contributed by atoms with E-state index in [0.29, 0.717) is 62.2 Å². The highest BCUT2D eigenvalue weighted by Crippen LogP contribution is 2.78. The molecule has 0 bridgehead atoms. The Morgan fingerprint density at radius 1 is 0.844 bits per heavy atom. The maximum Gasteiger partial charge on any atom is 0.309 e. The Balaban J connectivity index is 0.983. The van der Waals surface area contributed by atoms with E-state index in [1.165, 1.54) is 5.57 Å². The highest BCUT2D eigenvalue weighted by atomic mass is 16.5. The molecule has 2 heterocycles. The number of nitrogens with zero attached hydrogens (tertiary/aromatic N) is 2. The summed E-state index contributed by atoms with van der Waals surface area (Å²) in [6.07, 6.45) is 12.9. The third-order valence-electron chi connectivity index (χ3n) is 20.7. The van der Waals surface area contributed by atoms with E-state index >= 15 is 4.79 Å². The first kappa shape index (κ1) is 45.6. The molecule has 0 spiro atoms. The lowest BCUT2D eigenvalue weighted by molar-refractivity contribution is -0.251. The number of fused-ring (bicyclic) bond motifs is 7. The van der Waals surface area contributed by atoms with Gasteiger partial charge in [0.15, 0.2) is 0 Å². The van der Waals surface area contributed by atoms with Gasteiger partial charge in [0.05, 0.1) is 54.5 Å². The Morgan fingerprint density at radius 2 is 1.59 bits per heavy atom. The van der Waals surface area contributed by atoms with Crippen LogP contribution < -0.4 is 0 Å². The molecule has 2 N–H and O–H groups in total. The quantitative estimate of drug-likeness (QED) is 0.130. The zero-order chi connectivity index (χ0) is 45.8. The number of hydrogen-bond donors (Lipinski definition) is 2. The van der Waals surface area contributed by atoms with Gasteiger partial charge in [0, 0.05) is 25.5 Å². The van der Waals surface area contributed by atoms with E-state index in [-0.39, 0.29) is 57.7 Å². The molecule has 10 heteroatoms. The summed E-state index contributed by atoms with van der Waals surface area (Å²) in [4.78, 5) is 52.3. The van der Waals surface area contributed by atoms with Crippen LogP contribution in [0.15, 0.2) is 48.7 Å². The minimum absolute atomic E-state index is 0.0577. The van der Waals surface area contributed by atoms with Gasteiger partial charge < -0.3 is 29.2 Å². The number of amides is 1. The lowest BCUT2D eigenvalue weighted by atomic mass is 9.32. The molecule has 1 amide bonds. The molecule has 9 rings (SSSR count). The Kier molecular flexibility index (Phi) is 11.5. The fourth-order valence-electron chi connectivity index (χ4n) is 16.9. The van der Waals surface area contributed by atoms with Crippen LogP contribution in [0.3, 0.4) is 0 Å². The fourth-order valence-corrected chi connectivity index (χ4v) is 16.9. The molecular formula is C54H77N3O7. The third-order valence-corrected chi connectivity index (χ3v) is 20.7. The average molecular weight is 880 g/mol. The lowest BCUT2D eigenvalue weighted by Gasteiger charge is -2.73. The van der Waals surface area contributed by atoms with Crippen molar-refractivity contribution in [3.63, 3.8) is 0 Å². The summed E-state index contributed by atoms with van der Waals surface area (Å²) < 4.78 is 18.3. The predicted molar refractivity (Wildman–Crippen MR) is 247 cm³/mol. The number of aliphatic carboxylic acids is 1.